The second-order valence-electron chi connectivity index (χ2n) is 6.96. The molecule has 1 fully saturated rings. The predicted octanol–water partition coefficient (Wildman–Crippen LogP) is 2.33. The zero-order chi connectivity index (χ0) is 18.7. The summed E-state index contributed by atoms with van der Waals surface area (Å²) in [5.74, 6) is -0.803. The van der Waals surface area contributed by atoms with Crippen molar-refractivity contribution in [2.24, 2.45) is 5.10 Å². The molecule has 1 unspecified atom stereocenters. The highest BCUT2D eigenvalue weighted by molar-refractivity contribution is 6.09. The van der Waals surface area contributed by atoms with Gasteiger partial charge in [0.1, 0.15) is 5.82 Å². The summed E-state index contributed by atoms with van der Waals surface area (Å²) in [5.41, 5.74) is 5.06. The first kappa shape index (κ1) is 18.0. The molecule has 0 radical (unpaired) electrons. The van der Waals surface area contributed by atoms with Crippen LogP contribution < -0.4 is 5.43 Å². The summed E-state index contributed by atoms with van der Waals surface area (Å²) in [6.07, 6.45) is 2.25. The summed E-state index contributed by atoms with van der Waals surface area (Å²) in [7, 11) is 0. The molecule has 2 aliphatic heterocycles. The first-order valence-corrected chi connectivity index (χ1v) is 9.16. The fraction of sp³-hybridized carbons (Fsp3) is 0.400. The summed E-state index contributed by atoms with van der Waals surface area (Å²) in [4.78, 5) is 6.05. The molecule has 2 aliphatic rings. The maximum absolute atomic E-state index is 13.9. The van der Waals surface area contributed by atoms with Crippen molar-refractivity contribution in [2.45, 2.75) is 11.8 Å². The topological polar surface area (TPSA) is 49.8 Å². The van der Waals surface area contributed by atoms with Crippen LogP contribution in [0.3, 0.4) is 0 Å². The molecule has 1 N–H and O–H groups in total. The van der Waals surface area contributed by atoms with Crippen molar-refractivity contribution >= 4 is 5.71 Å². The molecule has 2 aromatic rings. The van der Waals surface area contributed by atoms with Gasteiger partial charge in [-0.15, -0.1) is 0 Å². The monoisotopic (exact) mass is 372 g/mol. The summed E-state index contributed by atoms with van der Waals surface area (Å²) in [6.45, 7) is 4.64. The molecule has 1 aromatic heterocycles. The van der Waals surface area contributed by atoms with Crippen LogP contribution in [0.15, 0.2) is 47.7 Å². The van der Waals surface area contributed by atoms with Crippen LogP contribution in [0, 0.1) is 11.8 Å². The minimum Gasteiger partial charge on any atom is -0.379 e. The number of ether oxygens (including phenoxy) is 1. The second kappa shape index (κ2) is 7.70. The molecule has 3 heterocycles. The Balaban J connectivity index is 1.69. The van der Waals surface area contributed by atoms with E-state index in [1.165, 1.54) is 24.4 Å². The highest BCUT2D eigenvalue weighted by Crippen LogP contribution is 2.35. The molecule has 7 heteroatoms. The first-order chi connectivity index (χ1) is 13.2. The Labute approximate surface area is 157 Å². The van der Waals surface area contributed by atoms with E-state index in [1.807, 2.05) is 6.07 Å². The molecular weight excluding hydrogens is 350 g/mol. The molecule has 0 aliphatic carbocycles. The minimum absolute atomic E-state index is 0.292. The van der Waals surface area contributed by atoms with Crippen LogP contribution in [0.2, 0.25) is 0 Å². The van der Waals surface area contributed by atoms with Gasteiger partial charge in [0.15, 0.2) is 0 Å². The third-order valence-electron chi connectivity index (χ3n) is 5.38. The fourth-order valence-electron chi connectivity index (χ4n) is 3.86. The van der Waals surface area contributed by atoms with E-state index in [-0.39, 0.29) is 5.82 Å². The van der Waals surface area contributed by atoms with Crippen molar-refractivity contribution in [3.05, 3.63) is 65.5 Å². The average molecular weight is 372 g/mol. The van der Waals surface area contributed by atoms with E-state index in [9.17, 15) is 8.78 Å². The van der Waals surface area contributed by atoms with Crippen LogP contribution in [0.1, 0.15) is 17.5 Å². The smallest absolute Gasteiger partial charge is 0.213 e. The zero-order valence-corrected chi connectivity index (χ0v) is 15.0. The normalized spacial score (nSPS) is 23.1. The molecule has 1 saturated heterocycles. The number of nitrogens with zero attached hydrogens (tertiary/aromatic N) is 3. The van der Waals surface area contributed by atoms with Gasteiger partial charge >= 0.3 is 0 Å². The first-order valence-electron chi connectivity index (χ1n) is 9.16. The van der Waals surface area contributed by atoms with Crippen molar-refractivity contribution in [3.63, 3.8) is 0 Å². The highest BCUT2D eigenvalue weighted by atomic mass is 19.1. The van der Waals surface area contributed by atoms with Crippen LogP contribution >= 0.6 is 0 Å². The van der Waals surface area contributed by atoms with Gasteiger partial charge in [0.2, 0.25) is 5.95 Å². The lowest BCUT2D eigenvalue weighted by molar-refractivity contribution is 0.0358. The number of morpholine rings is 1. The lowest BCUT2D eigenvalue weighted by Crippen LogP contribution is -2.44. The number of halogens is 2. The van der Waals surface area contributed by atoms with Crippen molar-refractivity contribution in [2.75, 3.05) is 39.4 Å². The Morgan fingerprint density at radius 3 is 2.63 bits per heavy atom. The van der Waals surface area contributed by atoms with Crippen molar-refractivity contribution < 1.29 is 13.5 Å². The minimum atomic E-state index is -0.511. The Morgan fingerprint density at radius 2 is 1.89 bits per heavy atom. The molecule has 5 nitrogen and oxygen atoms in total. The molecule has 1 atom stereocenters. The van der Waals surface area contributed by atoms with Crippen molar-refractivity contribution in [1.82, 2.24) is 15.3 Å². The van der Waals surface area contributed by atoms with E-state index in [0.717, 1.165) is 56.1 Å². The lowest BCUT2D eigenvalue weighted by atomic mass is 9.72. The van der Waals surface area contributed by atoms with E-state index in [0.29, 0.717) is 6.54 Å². The van der Waals surface area contributed by atoms with Gasteiger partial charge in [0, 0.05) is 25.8 Å². The number of hydrogen-bond donors (Lipinski definition) is 1. The summed E-state index contributed by atoms with van der Waals surface area (Å²) in [6, 6.07) is 9.62. The second-order valence-corrected chi connectivity index (χ2v) is 6.96. The highest BCUT2D eigenvalue weighted by Gasteiger charge is 2.42. The van der Waals surface area contributed by atoms with E-state index >= 15 is 0 Å². The Morgan fingerprint density at radius 1 is 1.11 bits per heavy atom. The van der Waals surface area contributed by atoms with Crippen molar-refractivity contribution in [3.8, 4) is 0 Å². The number of rotatable bonds is 5. The number of aromatic nitrogens is 1. The number of hydrazone groups is 1. The number of hydrogen-bond acceptors (Lipinski definition) is 5. The zero-order valence-electron chi connectivity index (χ0n) is 15.0. The molecule has 27 heavy (non-hydrogen) atoms. The lowest BCUT2D eigenvalue weighted by Gasteiger charge is -2.34. The van der Waals surface area contributed by atoms with Gasteiger partial charge in [0.25, 0.3) is 0 Å². The Bertz CT molecular complexity index is 821. The fourth-order valence-corrected chi connectivity index (χ4v) is 3.86. The van der Waals surface area contributed by atoms with E-state index < -0.39 is 11.4 Å². The average Bonchev–Trinajstić information content (AvgIpc) is 3.13. The summed E-state index contributed by atoms with van der Waals surface area (Å²) >= 11 is 0. The maximum atomic E-state index is 13.9. The van der Waals surface area contributed by atoms with Gasteiger partial charge in [-0.25, -0.2) is 9.37 Å². The molecule has 142 valence electrons. The number of nitrogens with one attached hydrogen (secondary N) is 1. The van der Waals surface area contributed by atoms with Crippen LogP contribution in [0.4, 0.5) is 8.78 Å². The molecular formula is C20H22F2N4O. The Hall–Kier alpha value is -2.38. The quantitative estimate of drug-likeness (QED) is 0.819. The van der Waals surface area contributed by atoms with Gasteiger partial charge < -0.3 is 10.2 Å². The van der Waals surface area contributed by atoms with Crippen LogP contribution in [0.25, 0.3) is 0 Å². The standard InChI is InChI=1S/C20H22F2N4O/c21-17-3-1-15(2-4-17)19-20(14-24-25-19,16-5-7-23-18(22)13-16)6-8-26-9-11-27-12-10-26/h1-5,7,13,24H,6,8-12,14H2. The van der Waals surface area contributed by atoms with Crippen LogP contribution in [-0.4, -0.2) is 55.0 Å². The Kier molecular flexibility index (Phi) is 5.13. The predicted molar refractivity (Wildman–Crippen MR) is 98.7 cm³/mol. The molecule has 1 aromatic carbocycles. The number of benzene rings is 1. The van der Waals surface area contributed by atoms with Gasteiger partial charge in [-0.1, -0.05) is 12.1 Å². The van der Waals surface area contributed by atoms with Gasteiger partial charge in [-0.05, 0) is 48.4 Å². The van der Waals surface area contributed by atoms with E-state index in [1.54, 1.807) is 12.1 Å². The van der Waals surface area contributed by atoms with Crippen LogP contribution in [-0.2, 0) is 10.2 Å². The number of pyridine rings is 1. The third kappa shape index (κ3) is 3.70. The van der Waals surface area contributed by atoms with Gasteiger partial charge in [-0.3, -0.25) is 4.90 Å². The van der Waals surface area contributed by atoms with Crippen LogP contribution in [0.5, 0.6) is 0 Å². The van der Waals surface area contributed by atoms with Gasteiger partial charge in [-0.2, -0.15) is 9.49 Å². The molecule has 0 amide bonds. The molecule has 0 bridgehead atoms. The third-order valence-corrected chi connectivity index (χ3v) is 5.38. The largest absolute Gasteiger partial charge is 0.379 e. The molecule has 4 rings (SSSR count). The van der Waals surface area contributed by atoms with E-state index in [2.05, 4.69) is 20.4 Å². The summed E-state index contributed by atoms with van der Waals surface area (Å²) in [5, 5.41) is 4.52. The van der Waals surface area contributed by atoms with Gasteiger partial charge in [0.05, 0.1) is 24.3 Å². The van der Waals surface area contributed by atoms with E-state index in [4.69, 9.17) is 4.74 Å². The SMILES string of the molecule is Fc1ccc(C2=NNCC2(CCN2CCOCC2)c2ccnc(F)c2)cc1. The van der Waals surface area contributed by atoms with Crippen molar-refractivity contribution in [1.29, 1.82) is 0 Å². The molecule has 0 saturated carbocycles. The molecule has 0 spiro atoms. The maximum Gasteiger partial charge on any atom is 0.213 e. The summed E-state index contributed by atoms with van der Waals surface area (Å²) < 4.78 is 32.7.